The van der Waals surface area contributed by atoms with Crippen molar-refractivity contribution in [1.82, 2.24) is 10.7 Å². The van der Waals surface area contributed by atoms with Crippen LogP contribution in [0.15, 0.2) is 83.6 Å². The maximum Gasteiger partial charge on any atom is 0.287 e. The van der Waals surface area contributed by atoms with Gasteiger partial charge < -0.3 is 10.2 Å². The number of hydrogen-bond acceptors (Lipinski definition) is 4. The second-order valence-electron chi connectivity index (χ2n) is 7.48. The molecule has 0 bridgehead atoms. The SMILES string of the molecule is CCN(CC)c1ccc(C=C(NC(=O)c2ccccc2Cl)C(=O)NN=Cc2ccccc2F)cc1. The van der Waals surface area contributed by atoms with Crippen LogP contribution < -0.4 is 15.6 Å². The van der Waals surface area contributed by atoms with Crippen LogP contribution in [-0.2, 0) is 4.79 Å². The van der Waals surface area contributed by atoms with Crippen LogP contribution in [-0.4, -0.2) is 31.1 Å². The summed E-state index contributed by atoms with van der Waals surface area (Å²) in [6.07, 6.45) is 2.73. The van der Waals surface area contributed by atoms with Crippen LogP contribution in [0.25, 0.3) is 6.08 Å². The van der Waals surface area contributed by atoms with Crippen molar-refractivity contribution in [3.05, 3.63) is 106 Å². The fourth-order valence-corrected chi connectivity index (χ4v) is 3.55. The van der Waals surface area contributed by atoms with E-state index in [1.165, 1.54) is 24.4 Å². The fourth-order valence-electron chi connectivity index (χ4n) is 3.33. The molecule has 0 aliphatic carbocycles. The lowest BCUT2D eigenvalue weighted by molar-refractivity contribution is -0.117. The number of benzene rings is 3. The summed E-state index contributed by atoms with van der Waals surface area (Å²) in [4.78, 5) is 27.9. The maximum absolute atomic E-state index is 13.8. The van der Waals surface area contributed by atoms with Crippen LogP contribution in [0.4, 0.5) is 10.1 Å². The molecule has 35 heavy (non-hydrogen) atoms. The van der Waals surface area contributed by atoms with E-state index in [2.05, 4.69) is 34.6 Å². The van der Waals surface area contributed by atoms with Crippen molar-refractivity contribution in [3.8, 4) is 0 Å². The van der Waals surface area contributed by atoms with E-state index in [1.807, 2.05) is 24.3 Å². The fraction of sp³-hybridized carbons (Fsp3) is 0.148. The number of hydrazone groups is 1. The molecule has 0 aromatic heterocycles. The molecule has 0 saturated heterocycles. The third-order valence-corrected chi connectivity index (χ3v) is 5.55. The summed E-state index contributed by atoms with van der Waals surface area (Å²) >= 11 is 6.14. The molecule has 2 amide bonds. The van der Waals surface area contributed by atoms with Gasteiger partial charge in [0.25, 0.3) is 11.8 Å². The Balaban J connectivity index is 1.86. The molecule has 0 fully saturated rings. The Morgan fingerprint density at radius 1 is 0.971 bits per heavy atom. The molecule has 0 aliphatic rings. The normalized spacial score (nSPS) is 11.4. The van der Waals surface area contributed by atoms with Gasteiger partial charge in [-0.2, -0.15) is 5.10 Å². The molecule has 0 heterocycles. The monoisotopic (exact) mass is 492 g/mol. The van der Waals surface area contributed by atoms with Crippen molar-refractivity contribution in [2.24, 2.45) is 5.10 Å². The number of rotatable bonds is 9. The molecule has 180 valence electrons. The average molecular weight is 493 g/mol. The number of nitrogens with zero attached hydrogens (tertiary/aromatic N) is 2. The minimum atomic E-state index is -0.675. The minimum Gasteiger partial charge on any atom is -0.372 e. The van der Waals surface area contributed by atoms with E-state index in [0.29, 0.717) is 5.56 Å². The number of carbonyl (C=O) groups excluding carboxylic acids is 2. The lowest BCUT2D eigenvalue weighted by Crippen LogP contribution is -2.33. The van der Waals surface area contributed by atoms with Crippen molar-refractivity contribution in [3.63, 3.8) is 0 Å². The third-order valence-electron chi connectivity index (χ3n) is 5.22. The van der Waals surface area contributed by atoms with Gasteiger partial charge in [0.1, 0.15) is 11.5 Å². The van der Waals surface area contributed by atoms with E-state index >= 15 is 0 Å². The van der Waals surface area contributed by atoms with E-state index in [1.54, 1.807) is 36.4 Å². The average Bonchev–Trinajstić information content (AvgIpc) is 2.86. The van der Waals surface area contributed by atoms with Crippen molar-refractivity contribution >= 4 is 41.4 Å². The van der Waals surface area contributed by atoms with Gasteiger partial charge in [-0.3, -0.25) is 9.59 Å². The highest BCUT2D eigenvalue weighted by Crippen LogP contribution is 2.18. The zero-order valence-electron chi connectivity index (χ0n) is 19.5. The van der Waals surface area contributed by atoms with Crippen molar-refractivity contribution in [2.75, 3.05) is 18.0 Å². The summed E-state index contributed by atoms with van der Waals surface area (Å²) in [5.74, 6) is -1.69. The summed E-state index contributed by atoms with van der Waals surface area (Å²) < 4.78 is 13.8. The molecule has 0 spiro atoms. The second kappa shape index (κ2) is 12.5. The van der Waals surface area contributed by atoms with E-state index in [0.717, 1.165) is 18.8 Å². The Hall–Kier alpha value is -3.97. The van der Waals surface area contributed by atoms with Crippen LogP contribution >= 0.6 is 11.6 Å². The molecule has 3 rings (SSSR count). The van der Waals surface area contributed by atoms with Gasteiger partial charge in [-0.15, -0.1) is 0 Å². The van der Waals surface area contributed by atoms with Gasteiger partial charge in [0.2, 0.25) is 0 Å². The number of carbonyl (C=O) groups is 2. The summed E-state index contributed by atoms with van der Waals surface area (Å²) in [7, 11) is 0. The van der Waals surface area contributed by atoms with E-state index in [9.17, 15) is 14.0 Å². The first-order valence-electron chi connectivity index (χ1n) is 11.1. The Kier molecular flexibility index (Phi) is 9.15. The van der Waals surface area contributed by atoms with Crippen molar-refractivity contribution in [2.45, 2.75) is 13.8 Å². The smallest absolute Gasteiger partial charge is 0.287 e. The Bertz CT molecular complexity index is 1240. The first-order valence-corrected chi connectivity index (χ1v) is 11.5. The second-order valence-corrected chi connectivity index (χ2v) is 7.88. The molecule has 8 heteroatoms. The van der Waals surface area contributed by atoms with Crippen molar-refractivity contribution < 1.29 is 14.0 Å². The number of amides is 2. The largest absolute Gasteiger partial charge is 0.372 e. The van der Waals surface area contributed by atoms with Gasteiger partial charge in [-0.25, -0.2) is 9.82 Å². The lowest BCUT2D eigenvalue weighted by atomic mass is 10.1. The Morgan fingerprint density at radius 3 is 2.29 bits per heavy atom. The molecule has 0 unspecified atom stereocenters. The number of anilines is 1. The van der Waals surface area contributed by atoms with Crippen LogP contribution in [0.2, 0.25) is 5.02 Å². The molecule has 2 N–H and O–H groups in total. The third kappa shape index (κ3) is 7.01. The van der Waals surface area contributed by atoms with Gasteiger partial charge in [-0.05, 0) is 55.8 Å². The van der Waals surface area contributed by atoms with Gasteiger partial charge in [0.15, 0.2) is 0 Å². The zero-order chi connectivity index (χ0) is 25.2. The van der Waals surface area contributed by atoms with Crippen molar-refractivity contribution in [1.29, 1.82) is 0 Å². The van der Waals surface area contributed by atoms with E-state index in [-0.39, 0.29) is 21.8 Å². The van der Waals surface area contributed by atoms with Gasteiger partial charge in [0, 0.05) is 24.3 Å². The van der Waals surface area contributed by atoms with Crippen LogP contribution in [0.5, 0.6) is 0 Å². The molecule has 0 atom stereocenters. The van der Waals surface area contributed by atoms with Gasteiger partial charge in [0.05, 0.1) is 16.8 Å². The van der Waals surface area contributed by atoms with E-state index in [4.69, 9.17) is 11.6 Å². The lowest BCUT2D eigenvalue weighted by Gasteiger charge is -2.21. The highest BCUT2D eigenvalue weighted by Gasteiger charge is 2.16. The molecule has 6 nitrogen and oxygen atoms in total. The van der Waals surface area contributed by atoms with Crippen LogP contribution in [0.1, 0.15) is 35.3 Å². The predicted molar refractivity (Wildman–Crippen MR) is 139 cm³/mol. The molecule has 0 radical (unpaired) electrons. The molecule has 0 aliphatic heterocycles. The Morgan fingerprint density at radius 2 is 1.63 bits per heavy atom. The highest BCUT2D eigenvalue weighted by atomic mass is 35.5. The number of halogens is 2. The molecule has 3 aromatic carbocycles. The van der Waals surface area contributed by atoms with E-state index < -0.39 is 17.6 Å². The molecule has 3 aromatic rings. The summed E-state index contributed by atoms with van der Waals surface area (Å²) in [6.45, 7) is 5.89. The minimum absolute atomic E-state index is 0.0452. The summed E-state index contributed by atoms with van der Waals surface area (Å²) in [5.41, 5.74) is 4.47. The topological polar surface area (TPSA) is 73.8 Å². The standard InChI is InChI=1S/C27H26ClFN4O2/c1-3-33(4-2)21-15-13-19(14-16-21)17-25(31-26(34)22-10-6-7-11-23(22)28)27(35)32-30-18-20-9-5-8-12-24(20)29/h5-18H,3-4H2,1-2H3,(H,31,34)(H,32,35). The quantitative estimate of drug-likeness (QED) is 0.243. The Labute approximate surface area is 209 Å². The highest BCUT2D eigenvalue weighted by molar-refractivity contribution is 6.34. The van der Waals surface area contributed by atoms with Crippen LogP contribution in [0.3, 0.4) is 0 Å². The molecular formula is C27H26ClFN4O2. The van der Waals surface area contributed by atoms with Gasteiger partial charge >= 0.3 is 0 Å². The number of hydrogen-bond donors (Lipinski definition) is 2. The zero-order valence-corrected chi connectivity index (χ0v) is 20.2. The molecule has 0 saturated carbocycles. The summed E-state index contributed by atoms with van der Waals surface area (Å²) in [6, 6.07) is 20.2. The van der Waals surface area contributed by atoms with Crippen LogP contribution in [0, 0.1) is 5.82 Å². The predicted octanol–water partition coefficient (Wildman–Crippen LogP) is 5.25. The number of nitrogens with one attached hydrogen (secondary N) is 2. The van der Waals surface area contributed by atoms with Gasteiger partial charge in [-0.1, -0.05) is 54.1 Å². The maximum atomic E-state index is 13.8. The summed E-state index contributed by atoms with van der Waals surface area (Å²) in [5, 5.41) is 6.70. The first kappa shape index (κ1) is 25.6. The first-order chi connectivity index (χ1) is 16.9. The molecular weight excluding hydrogens is 467 g/mol.